The number of nitro benzene ring substituents is 1. The molecule has 0 saturated heterocycles. The molecule has 2 aromatic carbocycles. The summed E-state index contributed by atoms with van der Waals surface area (Å²) in [6.07, 6.45) is 11.0. The van der Waals surface area contributed by atoms with Crippen molar-refractivity contribution in [2.45, 2.75) is 44.2 Å². The van der Waals surface area contributed by atoms with E-state index in [1.54, 1.807) is 18.6 Å². The highest BCUT2D eigenvalue weighted by Gasteiger charge is 2.23. The number of hydrogen-bond acceptors (Lipinski definition) is 4. The molecule has 1 unspecified atom stereocenters. The number of aromatic nitrogens is 2. The van der Waals surface area contributed by atoms with E-state index in [-0.39, 0.29) is 22.7 Å². The number of nitrogens with zero attached hydrogens (tertiary/aromatic N) is 3. The van der Waals surface area contributed by atoms with Gasteiger partial charge in [-0.25, -0.2) is 4.98 Å². The average Bonchev–Trinajstić information content (AvgIpc) is 3.25. The van der Waals surface area contributed by atoms with Crippen LogP contribution in [0.5, 0.6) is 0 Å². The molecule has 1 aliphatic carbocycles. The predicted molar refractivity (Wildman–Crippen MR) is 115 cm³/mol. The first-order valence-corrected chi connectivity index (χ1v) is 10.3. The molecule has 1 aliphatic rings. The predicted octanol–water partition coefficient (Wildman–Crippen LogP) is 5.83. The summed E-state index contributed by atoms with van der Waals surface area (Å²) < 4.78 is 1.99. The maximum Gasteiger partial charge on any atom is 0.292 e. The minimum atomic E-state index is -0.316. The van der Waals surface area contributed by atoms with Crippen LogP contribution in [0.4, 0.5) is 11.4 Å². The molecule has 1 fully saturated rings. The normalized spacial score (nSPS) is 15.8. The van der Waals surface area contributed by atoms with E-state index in [2.05, 4.69) is 10.3 Å². The molecule has 0 amide bonds. The van der Waals surface area contributed by atoms with Gasteiger partial charge >= 0.3 is 0 Å². The molecule has 0 aliphatic heterocycles. The molecule has 1 aromatic heterocycles. The number of imidazole rings is 1. The molecule has 29 heavy (non-hydrogen) atoms. The Kier molecular flexibility index (Phi) is 5.81. The average molecular weight is 411 g/mol. The Hall–Kier alpha value is -2.86. The van der Waals surface area contributed by atoms with Gasteiger partial charge in [-0.1, -0.05) is 43.0 Å². The van der Waals surface area contributed by atoms with E-state index in [4.69, 9.17) is 11.6 Å². The third kappa shape index (κ3) is 4.43. The fourth-order valence-corrected chi connectivity index (χ4v) is 4.20. The first-order chi connectivity index (χ1) is 14.1. The zero-order valence-corrected chi connectivity index (χ0v) is 16.8. The highest BCUT2D eigenvalue weighted by molar-refractivity contribution is 6.30. The van der Waals surface area contributed by atoms with Crippen molar-refractivity contribution >= 4 is 23.0 Å². The van der Waals surface area contributed by atoms with Crippen LogP contribution in [-0.4, -0.2) is 20.5 Å². The number of nitrogens with one attached hydrogen (secondary N) is 1. The first kappa shape index (κ1) is 19.5. The Morgan fingerprint density at radius 2 is 1.83 bits per heavy atom. The SMILES string of the molecule is O=[N+]([O-])c1ccc(C(c2ccc(Cl)cc2)n2ccnc2)cc1NC1CCCCC1. The lowest BCUT2D eigenvalue weighted by Gasteiger charge is -2.25. The Balaban J connectivity index is 1.75. The molecular formula is C22H23ClN4O2. The second-order valence-corrected chi connectivity index (χ2v) is 7.91. The first-order valence-electron chi connectivity index (χ1n) is 9.89. The van der Waals surface area contributed by atoms with E-state index in [0.717, 1.165) is 36.8 Å². The largest absolute Gasteiger partial charge is 0.377 e. The standard InChI is InChI=1S/C22H23ClN4O2/c23-18-9-6-16(7-10-18)22(26-13-12-24-15-26)17-8-11-21(27(28)29)20(14-17)25-19-4-2-1-3-5-19/h6-15,19,22,25H,1-5H2. The number of anilines is 1. The third-order valence-corrected chi connectivity index (χ3v) is 5.76. The van der Waals surface area contributed by atoms with E-state index < -0.39 is 0 Å². The highest BCUT2D eigenvalue weighted by atomic mass is 35.5. The van der Waals surface area contributed by atoms with E-state index >= 15 is 0 Å². The van der Waals surface area contributed by atoms with Crippen molar-refractivity contribution in [3.05, 3.63) is 87.4 Å². The smallest absolute Gasteiger partial charge is 0.292 e. The molecule has 0 radical (unpaired) electrons. The second kappa shape index (κ2) is 8.66. The maximum atomic E-state index is 11.6. The van der Waals surface area contributed by atoms with E-state index in [0.29, 0.717) is 10.7 Å². The molecule has 7 heteroatoms. The van der Waals surface area contributed by atoms with Crippen LogP contribution in [0.3, 0.4) is 0 Å². The van der Waals surface area contributed by atoms with Gasteiger partial charge < -0.3 is 9.88 Å². The van der Waals surface area contributed by atoms with Crippen molar-refractivity contribution in [2.24, 2.45) is 0 Å². The van der Waals surface area contributed by atoms with Gasteiger partial charge in [0.2, 0.25) is 0 Å². The highest BCUT2D eigenvalue weighted by Crippen LogP contribution is 2.34. The van der Waals surface area contributed by atoms with Crippen molar-refractivity contribution in [3.63, 3.8) is 0 Å². The quantitative estimate of drug-likeness (QED) is 0.410. The molecule has 1 N–H and O–H groups in total. The number of hydrogen-bond donors (Lipinski definition) is 1. The van der Waals surface area contributed by atoms with Gasteiger partial charge in [0.1, 0.15) is 5.69 Å². The van der Waals surface area contributed by atoms with Gasteiger partial charge in [-0.15, -0.1) is 0 Å². The summed E-state index contributed by atoms with van der Waals surface area (Å²) in [6, 6.07) is 13.1. The van der Waals surface area contributed by atoms with Gasteiger partial charge in [-0.2, -0.15) is 0 Å². The zero-order valence-electron chi connectivity index (χ0n) is 16.0. The van der Waals surface area contributed by atoms with Crippen molar-refractivity contribution in [1.29, 1.82) is 0 Å². The molecule has 1 saturated carbocycles. The number of halogens is 1. The molecule has 1 heterocycles. The number of rotatable bonds is 6. The lowest BCUT2D eigenvalue weighted by Crippen LogP contribution is -2.23. The van der Waals surface area contributed by atoms with Crippen molar-refractivity contribution in [1.82, 2.24) is 9.55 Å². The van der Waals surface area contributed by atoms with Gasteiger partial charge in [0, 0.05) is 29.5 Å². The van der Waals surface area contributed by atoms with Gasteiger partial charge in [0.15, 0.2) is 0 Å². The summed E-state index contributed by atoms with van der Waals surface area (Å²) in [5, 5.41) is 15.7. The number of nitro groups is 1. The fourth-order valence-electron chi connectivity index (χ4n) is 4.07. The van der Waals surface area contributed by atoms with Gasteiger partial charge in [0.05, 0.1) is 17.3 Å². The van der Waals surface area contributed by atoms with Gasteiger partial charge in [-0.3, -0.25) is 10.1 Å². The van der Waals surface area contributed by atoms with Crippen LogP contribution in [0.15, 0.2) is 61.2 Å². The summed E-state index contributed by atoms with van der Waals surface area (Å²) in [6.45, 7) is 0. The van der Waals surface area contributed by atoms with Crippen LogP contribution in [0.2, 0.25) is 5.02 Å². The topological polar surface area (TPSA) is 73.0 Å². The minimum Gasteiger partial charge on any atom is -0.377 e. The van der Waals surface area contributed by atoms with Gasteiger partial charge in [-0.05, 0) is 48.2 Å². The molecule has 3 aromatic rings. The van der Waals surface area contributed by atoms with Crippen LogP contribution in [0.25, 0.3) is 0 Å². The minimum absolute atomic E-state index is 0.111. The molecule has 1 atom stereocenters. The summed E-state index contributed by atoms with van der Waals surface area (Å²) in [5.74, 6) is 0. The zero-order chi connectivity index (χ0) is 20.2. The molecule has 6 nitrogen and oxygen atoms in total. The summed E-state index contributed by atoms with van der Waals surface area (Å²) in [4.78, 5) is 15.5. The summed E-state index contributed by atoms with van der Waals surface area (Å²) in [7, 11) is 0. The van der Waals surface area contributed by atoms with Crippen LogP contribution in [0, 0.1) is 10.1 Å². The molecule has 0 bridgehead atoms. The number of benzene rings is 2. The van der Waals surface area contributed by atoms with E-state index in [9.17, 15) is 10.1 Å². The molecule has 150 valence electrons. The Morgan fingerprint density at radius 1 is 1.10 bits per heavy atom. The Morgan fingerprint density at radius 3 is 2.48 bits per heavy atom. The monoisotopic (exact) mass is 410 g/mol. The second-order valence-electron chi connectivity index (χ2n) is 7.48. The van der Waals surface area contributed by atoms with E-state index in [1.807, 2.05) is 47.2 Å². The molecule has 0 spiro atoms. The molecular weight excluding hydrogens is 388 g/mol. The van der Waals surface area contributed by atoms with Crippen molar-refractivity contribution in [3.8, 4) is 0 Å². The lowest BCUT2D eigenvalue weighted by atomic mass is 9.94. The van der Waals surface area contributed by atoms with Crippen molar-refractivity contribution < 1.29 is 4.92 Å². The van der Waals surface area contributed by atoms with E-state index in [1.165, 1.54) is 6.42 Å². The fraction of sp³-hybridized carbons (Fsp3) is 0.318. The summed E-state index contributed by atoms with van der Waals surface area (Å²) >= 11 is 6.07. The Labute approximate surface area is 174 Å². The third-order valence-electron chi connectivity index (χ3n) is 5.51. The molecule has 4 rings (SSSR count). The van der Waals surface area contributed by atoms with Crippen molar-refractivity contribution in [2.75, 3.05) is 5.32 Å². The van der Waals surface area contributed by atoms with Crippen LogP contribution >= 0.6 is 11.6 Å². The van der Waals surface area contributed by atoms with Crippen LogP contribution in [-0.2, 0) is 0 Å². The lowest BCUT2D eigenvalue weighted by molar-refractivity contribution is -0.384. The Bertz CT molecular complexity index is 967. The summed E-state index contributed by atoms with van der Waals surface area (Å²) in [5.41, 5.74) is 2.68. The van der Waals surface area contributed by atoms with Gasteiger partial charge in [0.25, 0.3) is 5.69 Å². The van der Waals surface area contributed by atoms with Crippen LogP contribution in [0.1, 0.15) is 49.3 Å². The maximum absolute atomic E-state index is 11.6. The van der Waals surface area contributed by atoms with Crippen LogP contribution < -0.4 is 5.32 Å².